The third-order valence-corrected chi connectivity index (χ3v) is 9.69. The van der Waals surface area contributed by atoms with Crippen LogP contribution in [0.2, 0.25) is 0 Å². The van der Waals surface area contributed by atoms with Gasteiger partial charge < -0.3 is 14.2 Å². The second kappa shape index (κ2) is 15.2. The molecule has 3 aromatic heterocycles. The summed E-state index contributed by atoms with van der Waals surface area (Å²) in [5, 5.41) is 0. The van der Waals surface area contributed by atoms with Crippen molar-refractivity contribution in [2.24, 2.45) is 0 Å². The Morgan fingerprint density at radius 3 is 1.02 bits per heavy atom. The van der Waals surface area contributed by atoms with Crippen LogP contribution in [0, 0.1) is 0 Å². The van der Waals surface area contributed by atoms with Crippen LogP contribution in [-0.4, -0.2) is 9.97 Å². The first-order valence-corrected chi connectivity index (χ1v) is 18.3. The standard InChI is InChI=1S/C50H36N4O/c1-3-9-37(10-4-1)39-17-21-43(22-18-39)53(45-27-31-51-32-28-45)47-15-7-13-41(35-47)49-25-26-50(55-49)42-14-8-16-48(36-42)54(46-29-33-52-34-30-46)44-23-19-40(20-24-44)38-11-5-2-6-12-38/h1-36H. The molecule has 55 heavy (non-hydrogen) atoms. The van der Waals surface area contributed by atoms with Crippen LogP contribution in [0.15, 0.2) is 223 Å². The molecule has 0 saturated carbocycles. The van der Waals surface area contributed by atoms with Gasteiger partial charge in [0, 0.05) is 70.0 Å². The van der Waals surface area contributed by atoms with Crippen molar-refractivity contribution in [2.75, 3.05) is 9.80 Å². The topological polar surface area (TPSA) is 45.4 Å². The van der Waals surface area contributed by atoms with E-state index in [4.69, 9.17) is 4.42 Å². The summed E-state index contributed by atoms with van der Waals surface area (Å²) in [6.07, 6.45) is 7.31. The lowest BCUT2D eigenvalue weighted by molar-refractivity contribution is 0.597. The summed E-state index contributed by atoms with van der Waals surface area (Å²) in [6, 6.07) is 67.4. The molecule has 0 aliphatic heterocycles. The van der Waals surface area contributed by atoms with Gasteiger partial charge in [-0.15, -0.1) is 0 Å². The van der Waals surface area contributed by atoms with Crippen molar-refractivity contribution in [3.05, 3.63) is 219 Å². The highest BCUT2D eigenvalue weighted by Gasteiger charge is 2.17. The summed E-state index contributed by atoms with van der Waals surface area (Å²) in [5.41, 5.74) is 12.9. The summed E-state index contributed by atoms with van der Waals surface area (Å²) in [4.78, 5) is 13.1. The Morgan fingerprint density at radius 1 is 0.273 bits per heavy atom. The van der Waals surface area contributed by atoms with Crippen molar-refractivity contribution >= 4 is 34.1 Å². The first-order chi connectivity index (χ1) is 27.3. The maximum Gasteiger partial charge on any atom is 0.134 e. The molecule has 5 heteroatoms. The molecule has 0 bridgehead atoms. The highest BCUT2D eigenvalue weighted by atomic mass is 16.3. The predicted molar refractivity (Wildman–Crippen MR) is 225 cm³/mol. The highest BCUT2D eigenvalue weighted by molar-refractivity contribution is 5.82. The van der Waals surface area contributed by atoms with Gasteiger partial charge in [-0.3, -0.25) is 9.97 Å². The molecule has 0 aliphatic carbocycles. The van der Waals surface area contributed by atoms with Crippen LogP contribution in [0.25, 0.3) is 44.9 Å². The summed E-state index contributed by atoms with van der Waals surface area (Å²) in [6.45, 7) is 0. The van der Waals surface area contributed by atoms with Crippen molar-refractivity contribution in [2.45, 2.75) is 0 Å². The van der Waals surface area contributed by atoms with E-state index in [0.29, 0.717) is 0 Å². The fraction of sp³-hybridized carbons (Fsp3) is 0. The van der Waals surface area contributed by atoms with E-state index in [1.165, 1.54) is 22.3 Å². The lowest BCUT2D eigenvalue weighted by atomic mass is 10.0. The average molecular weight is 709 g/mol. The molecule has 0 atom stereocenters. The quantitative estimate of drug-likeness (QED) is 0.142. The molecule has 3 heterocycles. The van der Waals surface area contributed by atoms with Crippen molar-refractivity contribution < 1.29 is 4.42 Å². The van der Waals surface area contributed by atoms with Gasteiger partial charge in [-0.2, -0.15) is 0 Å². The van der Waals surface area contributed by atoms with E-state index in [1.54, 1.807) is 0 Å². The Hall–Kier alpha value is -7.50. The largest absolute Gasteiger partial charge is 0.456 e. The molecule has 0 saturated heterocycles. The lowest BCUT2D eigenvalue weighted by Gasteiger charge is -2.26. The van der Waals surface area contributed by atoms with Gasteiger partial charge in [-0.05, 0) is 107 Å². The molecule has 6 aromatic carbocycles. The van der Waals surface area contributed by atoms with Crippen LogP contribution in [0.1, 0.15) is 0 Å². The van der Waals surface area contributed by atoms with Gasteiger partial charge in [0.15, 0.2) is 0 Å². The number of benzene rings is 6. The number of hydrogen-bond acceptors (Lipinski definition) is 5. The van der Waals surface area contributed by atoms with Crippen molar-refractivity contribution in [3.8, 4) is 44.9 Å². The van der Waals surface area contributed by atoms with E-state index in [-0.39, 0.29) is 0 Å². The van der Waals surface area contributed by atoms with Gasteiger partial charge in [-0.1, -0.05) is 109 Å². The van der Waals surface area contributed by atoms with Crippen molar-refractivity contribution in [1.29, 1.82) is 0 Å². The zero-order chi connectivity index (χ0) is 36.8. The number of anilines is 6. The van der Waals surface area contributed by atoms with Gasteiger partial charge in [0.05, 0.1) is 0 Å². The molecule has 0 unspecified atom stereocenters. The molecule has 0 spiro atoms. The van der Waals surface area contributed by atoms with E-state index < -0.39 is 0 Å². The minimum atomic E-state index is 0.791. The third kappa shape index (κ3) is 7.15. The highest BCUT2D eigenvalue weighted by Crippen LogP contribution is 2.40. The Labute approximate surface area is 321 Å². The van der Waals surface area contributed by atoms with Crippen LogP contribution >= 0.6 is 0 Å². The number of furan rings is 1. The molecule has 0 radical (unpaired) electrons. The van der Waals surface area contributed by atoms with E-state index in [1.807, 2.05) is 61.2 Å². The monoisotopic (exact) mass is 708 g/mol. The van der Waals surface area contributed by atoms with Crippen LogP contribution in [0.5, 0.6) is 0 Å². The van der Waals surface area contributed by atoms with Crippen LogP contribution in [0.4, 0.5) is 34.1 Å². The second-order valence-electron chi connectivity index (χ2n) is 13.2. The molecule has 0 fully saturated rings. The average Bonchev–Trinajstić information content (AvgIpc) is 3.77. The lowest BCUT2D eigenvalue weighted by Crippen LogP contribution is -2.10. The first kappa shape index (κ1) is 33.3. The van der Waals surface area contributed by atoms with Gasteiger partial charge in [0.2, 0.25) is 0 Å². The Morgan fingerprint density at radius 2 is 0.618 bits per heavy atom. The Balaban J connectivity index is 1.03. The van der Waals surface area contributed by atoms with Crippen LogP contribution in [-0.2, 0) is 0 Å². The minimum absolute atomic E-state index is 0.791. The molecular formula is C50H36N4O. The van der Waals surface area contributed by atoms with Gasteiger partial charge >= 0.3 is 0 Å². The van der Waals surface area contributed by atoms with E-state index in [9.17, 15) is 0 Å². The number of aromatic nitrogens is 2. The van der Waals surface area contributed by atoms with Gasteiger partial charge in [0.1, 0.15) is 11.5 Å². The van der Waals surface area contributed by atoms with E-state index in [0.717, 1.165) is 56.8 Å². The minimum Gasteiger partial charge on any atom is -0.456 e. The Bertz CT molecular complexity index is 2440. The zero-order valence-corrected chi connectivity index (χ0v) is 30.0. The fourth-order valence-electron chi connectivity index (χ4n) is 6.99. The number of hydrogen-bond donors (Lipinski definition) is 0. The van der Waals surface area contributed by atoms with Gasteiger partial charge in [0.25, 0.3) is 0 Å². The molecule has 0 aliphatic rings. The number of nitrogens with zero attached hydrogens (tertiary/aromatic N) is 4. The molecule has 5 nitrogen and oxygen atoms in total. The fourth-order valence-corrected chi connectivity index (χ4v) is 6.99. The van der Waals surface area contributed by atoms with Crippen molar-refractivity contribution in [1.82, 2.24) is 9.97 Å². The summed E-state index contributed by atoms with van der Waals surface area (Å²) in [5.74, 6) is 1.58. The number of rotatable bonds is 10. The SMILES string of the molecule is c1ccc(-c2ccc(N(c3ccncc3)c3cccc(-c4ccc(-c5cccc(N(c6ccncc6)c6ccc(-c7ccccc7)cc6)c5)o4)c3)cc2)cc1. The smallest absolute Gasteiger partial charge is 0.134 e. The maximum absolute atomic E-state index is 6.62. The number of pyridine rings is 2. The molecular weight excluding hydrogens is 673 g/mol. The summed E-state index contributed by atoms with van der Waals surface area (Å²) >= 11 is 0. The third-order valence-electron chi connectivity index (χ3n) is 9.69. The van der Waals surface area contributed by atoms with Crippen LogP contribution in [0.3, 0.4) is 0 Å². The predicted octanol–water partition coefficient (Wildman–Crippen LogP) is 13.7. The van der Waals surface area contributed by atoms with Crippen LogP contribution < -0.4 is 9.80 Å². The Kier molecular flexibility index (Phi) is 9.23. The van der Waals surface area contributed by atoms with E-state index in [2.05, 4.69) is 177 Å². The molecule has 262 valence electrons. The summed E-state index contributed by atoms with van der Waals surface area (Å²) in [7, 11) is 0. The molecule has 9 aromatic rings. The first-order valence-electron chi connectivity index (χ1n) is 18.3. The maximum atomic E-state index is 6.62. The zero-order valence-electron chi connectivity index (χ0n) is 30.0. The second-order valence-corrected chi connectivity index (χ2v) is 13.2. The summed E-state index contributed by atoms with van der Waals surface area (Å²) < 4.78 is 6.62. The molecule has 9 rings (SSSR count). The van der Waals surface area contributed by atoms with Gasteiger partial charge in [-0.25, -0.2) is 0 Å². The normalized spacial score (nSPS) is 10.9. The van der Waals surface area contributed by atoms with Crippen molar-refractivity contribution in [3.63, 3.8) is 0 Å². The molecule has 0 N–H and O–H groups in total. The van der Waals surface area contributed by atoms with E-state index >= 15 is 0 Å². The molecule has 0 amide bonds.